The van der Waals surface area contributed by atoms with Crippen LogP contribution in [0.5, 0.6) is 0 Å². The van der Waals surface area contributed by atoms with Crippen LogP contribution >= 0.6 is 11.3 Å². The van der Waals surface area contributed by atoms with E-state index in [9.17, 15) is 13.2 Å². The number of hydrogen-bond acceptors (Lipinski definition) is 4. The van der Waals surface area contributed by atoms with Crippen LogP contribution < -0.4 is 0 Å². The molecule has 1 aromatic rings. The van der Waals surface area contributed by atoms with E-state index < -0.39 is 16.0 Å². The van der Waals surface area contributed by atoms with E-state index in [-0.39, 0.29) is 9.77 Å². The van der Waals surface area contributed by atoms with Gasteiger partial charge in [0.15, 0.2) is 0 Å². The fourth-order valence-electron chi connectivity index (χ4n) is 1.72. The molecule has 0 atom stereocenters. The quantitative estimate of drug-likeness (QED) is 0.888. The Morgan fingerprint density at radius 2 is 2.00 bits per heavy atom. The zero-order valence-electron chi connectivity index (χ0n) is 8.42. The number of aromatic carboxylic acids is 1. The van der Waals surface area contributed by atoms with Gasteiger partial charge in [0.05, 0.1) is 0 Å². The molecule has 1 saturated heterocycles. The Balaban J connectivity index is 2.42. The lowest BCUT2D eigenvalue weighted by Crippen LogP contribution is -2.28. The highest BCUT2D eigenvalue weighted by Crippen LogP contribution is 2.27. The fraction of sp³-hybridized carbons (Fsp3) is 0.444. The van der Waals surface area contributed by atoms with Crippen LogP contribution in [0.2, 0.25) is 0 Å². The Kier molecular flexibility index (Phi) is 3.00. The monoisotopic (exact) mass is 261 g/mol. The minimum Gasteiger partial charge on any atom is -0.477 e. The lowest BCUT2D eigenvalue weighted by Gasteiger charge is -2.14. The van der Waals surface area contributed by atoms with Crippen LogP contribution in [0.3, 0.4) is 0 Å². The van der Waals surface area contributed by atoms with Crippen LogP contribution in [0.1, 0.15) is 22.5 Å². The third-order valence-electron chi connectivity index (χ3n) is 2.51. The van der Waals surface area contributed by atoms with Crippen molar-refractivity contribution in [1.29, 1.82) is 0 Å². The number of sulfonamides is 1. The molecular formula is C9H11NO4S2. The predicted molar refractivity (Wildman–Crippen MR) is 59.3 cm³/mol. The van der Waals surface area contributed by atoms with Crippen LogP contribution in [0.25, 0.3) is 0 Å². The van der Waals surface area contributed by atoms with Gasteiger partial charge in [0, 0.05) is 13.1 Å². The molecule has 1 aliphatic rings. The zero-order valence-corrected chi connectivity index (χ0v) is 10.1. The summed E-state index contributed by atoms with van der Waals surface area (Å²) < 4.78 is 25.5. The van der Waals surface area contributed by atoms with Crippen molar-refractivity contribution in [2.24, 2.45) is 0 Å². The smallest absolute Gasteiger partial charge is 0.347 e. The molecule has 1 aromatic heterocycles. The Morgan fingerprint density at radius 1 is 1.38 bits per heavy atom. The topological polar surface area (TPSA) is 74.7 Å². The van der Waals surface area contributed by atoms with Crippen LogP contribution in [0, 0.1) is 0 Å². The minimum atomic E-state index is -3.61. The summed E-state index contributed by atoms with van der Waals surface area (Å²) in [6.07, 6.45) is 1.68. The summed E-state index contributed by atoms with van der Waals surface area (Å²) in [6.45, 7) is 0.967. The van der Waals surface area contributed by atoms with Crippen molar-refractivity contribution in [3.8, 4) is 0 Å². The normalized spacial score (nSPS) is 17.8. The van der Waals surface area contributed by atoms with Crippen molar-refractivity contribution in [3.05, 3.63) is 16.3 Å². The first-order valence-corrected chi connectivity index (χ1v) is 7.16. The predicted octanol–water partition coefficient (Wildman–Crippen LogP) is 1.23. The molecule has 0 aromatic carbocycles. The highest BCUT2D eigenvalue weighted by Gasteiger charge is 2.31. The molecule has 16 heavy (non-hydrogen) atoms. The van der Waals surface area contributed by atoms with E-state index in [1.807, 2.05) is 0 Å². The largest absolute Gasteiger partial charge is 0.477 e. The molecule has 0 radical (unpaired) electrons. The standard InChI is InChI=1S/C9H11NO4S2/c11-9(12)8-7(3-6-15-8)16(13,14)10-4-1-2-5-10/h3,6H,1-2,4-5H2,(H,11,12). The Labute approximate surface area is 97.4 Å². The SMILES string of the molecule is O=C(O)c1sccc1S(=O)(=O)N1CCCC1. The number of carboxylic acid groups (broad SMARTS) is 1. The Hall–Kier alpha value is -0.920. The Morgan fingerprint density at radius 3 is 2.56 bits per heavy atom. The highest BCUT2D eigenvalue weighted by atomic mass is 32.2. The molecule has 5 nitrogen and oxygen atoms in total. The van der Waals surface area contributed by atoms with Crippen molar-refractivity contribution in [2.75, 3.05) is 13.1 Å². The third-order valence-corrected chi connectivity index (χ3v) is 5.48. The third kappa shape index (κ3) is 1.85. The van der Waals surface area contributed by atoms with Gasteiger partial charge >= 0.3 is 5.97 Å². The molecule has 0 bridgehead atoms. The molecule has 88 valence electrons. The molecule has 2 heterocycles. The van der Waals surface area contributed by atoms with E-state index in [2.05, 4.69) is 0 Å². The molecule has 0 spiro atoms. The van der Waals surface area contributed by atoms with Crippen molar-refractivity contribution in [2.45, 2.75) is 17.7 Å². The summed E-state index contributed by atoms with van der Waals surface area (Å²) in [4.78, 5) is 10.7. The molecular weight excluding hydrogens is 250 g/mol. The number of carbonyl (C=O) groups is 1. The fourth-order valence-corrected chi connectivity index (χ4v) is 4.47. The average molecular weight is 261 g/mol. The van der Waals surface area contributed by atoms with E-state index in [0.29, 0.717) is 13.1 Å². The van der Waals surface area contributed by atoms with Gasteiger partial charge in [-0.3, -0.25) is 0 Å². The van der Waals surface area contributed by atoms with Gasteiger partial charge in [-0.1, -0.05) is 0 Å². The lowest BCUT2D eigenvalue weighted by molar-refractivity contribution is 0.0698. The first-order chi connectivity index (χ1) is 7.53. The van der Waals surface area contributed by atoms with E-state index in [0.717, 1.165) is 24.2 Å². The molecule has 0 aliphatic carbocycles. The highest BCUT2D eigenvalue weighted by molar-refractivity contribution is 7.89. The summed E-state index contributed by atoms with van der Waals surface area (Å²) in [5.74, 6) is -1.19. The molecule has 0 amide bonds. The number of carboxylic acids is 1. The van der Waals surface area contributed by atoms with E-state index in [1.54, 1.807) is 0 Å². The zero-order chi connectivity index (χ0) is 11.8. The van der Waals surface area contributed by atoms with Crippen LogP contribution in [0.4, 0.5) is 0 Å². The number of thiophene rings is 1. The van der Waals surface area contributed by atoms with Gasteiger partial charge in [0.2, 0.25) is 10.0 Å². The summed E-state index contributed by atoms with van der Waals surface area (Å²) in [5, 5.41) is 10.4. The maximum absolute atomic E-state index is 12.1. The van der Waals surface area contributed by atoms with Gasteiger partial charge in [-0.05, 0) is 24.3 Å². The second-order valence-electron chi connectivity index (χ2n) is 3.53. The van der Waals surface area contributed by atoms with Gasteiger partial charge in [0.1, 0.15) is 9.77 Å². The first-order valence-electron chi connectivity index (χ1n) is 4.84. The second-order valence-corrected chi connectivity index (χ2v) is 6.35. The van der Waals surface area contributed by atoms with Crippen molar-refractivity contribution in [1.82, 2.24) is 4.31 Å². The van der Waals surface area contributed by atoms with E-state index in [4.69, 9.17) is 5.11 Å². The molecule has 1 fully saturated rings. The van der Waals surface area contributed by atoms with Crippen LogP contribution in [-0.4, -0.2) is 36.9 Å². The lowest BCUT2D eigenvalue weighted by atomic mass is 10.4. The minimum absolute atomic E-state index is 0.0769. The van der Waals surface area contributed by atoms with Crippen molar-refractivity contribution < 1.29 is 18.3 Å². The van der Waals surface area contributed by atoms with Crippen LogP contribution in [0.15, 0.2) is 16.3 Å². The molecule has 0 unspecified atom stereocenters. The molecule has 1 aliphatic heterocycles. The Bertz CT molecular complexity index is 499. The van der Waals surface area contributed by atoms with Crippen LogP contribution in [-0.2, 0) is 10.0 Å². The second kappa shape index (κ2) is 4.15. The van der Waals surface area contributed by atoms with Gasteiger partial charge in [-0.2, -0.15) is 4.31 Å². The summed E-state index contributed by atoms with van der Waals surface area (Å²) in [6, 6.07) is 1.36. The molecule has 2 rings (SSSR count). The van der Waals surface area contributed by atoms with Gasteiger partial charge in [-0.25, -0.2) is 13.2 Å². The van der Waals surface area contributed by atoms with E-state index >= 15 is 0 Å². The maximum atomic E-state index is 12.1. The van der Waals surface area contributed by atoms with Crippen molar-refractivity contribution in [3.63, 3.8) is 0 Å². The summed E-state index contributed by atoms with van der Waals surface area (Å²) >= 11 is 0.938. The number of rotatable bonds is 3. The average Bonchev–Trinajstić information content (AvgIpc) is 2.89. The van der Waals surface area contributed by atoms with Gasteiger partial charge in [0.25, 0.3) is 0 Å². The maximum Gasteiger partial charge on any atom is 0.347 e. The summed E-state index contributed by atoms with van der Waals surface area (Å²) in [5.41, 5.74) is 0. The first kappa shape index (κ1) is 11.6. The number of hydrogen-bond donors (Lipinski definition) is 1. The summed E-state index contributed by atoms with van der Waals surface area (Å²) in [7, 11) is -3.61. The van der Waals surface area contributed by atoms with Crippen molar-refractivity contribution >= 4 is 27.3 Å². The number of nitrogens with zero attached hydrogens (tertiary/aromatic N) is 1. The van der Waals surface area contributed by atoms with E-state index in [1.165, 1.54) is 15.8 Å². The molecule has 7 heteroatoms. The van der Waals surface area contributed by atoms with Gasteiger partial charge < -0.3 is 5.11 Å². The molecule has 0 saturated carbocycles. The van der Waals surface area contributed by atoms with Gasteiger partial charge in [-0.15, -0.1) is 11.3 Å². The molecule has 1 N–H and O–H groups in total.